The molecule has 9 nitrogen and oxygen atoms in total. The van der Waals surface area contributed by atoms with Gasteiger partial charge in [0, 0.05) is 28.3 Å². The summed E-state index contributed by atoms with van der Waals surface area (Å²) in [6, 6.07) is 8.93. The van der Waals surface area contributed by atoms with Crippen LogP contribution in [-0.2, 0) is 9.59 Å². The lowest BCUT2D eigenvalue weighted by Gasteiger charge is -2.31. The summed E-state index contributed by atoms with van der Waals surface area (Å²) in [5.41, 5.74) is -0.189. The van der Waals surface area contributed by atoms with E-state index < -0.39 is 46.8 Å². The van der Waals surface area contributed by atoms with Crippen LogP contribution in [0.5, 0.6) is 0 Å². The fraction of sp³-hybridized carbons (Fsp3) is 0.250. The number of hydrogen-bond donors (Lipinski definition) is 0. The summed E-state index contributed by atoms with van der Waals surface area (Å²) in [6.45, 7) is -0.642. The normalized spacial score (nSPS) is 24.1. The largest absolute Gasteiger partial charge is 0.292 e. The van der Waals surface area contributed by atoms with Crippen LogP contribution in [0.4, 0.5) is 5.69 Å². The molecule has 4 atom stereocenters. The van der Waals surface area contributed by atoms with E-state index in [1.165, 1.54) is 30.3 Å². The highest BCUT2D eigenvalue weighted by atomic mass is 35.5. The van der Waals surface area contributed by atoms with Gasteiger partial charge in [-0.1, -0.05) is 35.4 Å². The molecule has 0 unspecified atom stereocenters. The Morgan fingerprint density at radius 1 is 1.00 bits per heavy atom. The van der Waals surface area contributed by atoms with Crippen LogP contribution in [0, 0.1) is 33.8 Å². The average molecular weight is 514 g/mol. The molecule has 2 fully saturated rings. The summed E-state index contributed by atoms with van der Waals surface area (Å²) in [5.74, 6) is -3.86. The van der Waals surface area contributed by atoms with E-state index in [-0.39, 0.29) is 33.7 Å². The molecule has 0 aromatic heterocycles. The van der Waals surface area contributed by atoms with Gasteiger partial charge in [0.2, 0.25) is 0 Å². The number of hydrazine groups is 1. The second-order valence-electron chi connectivity index (χ2n) is 8.70. The Morgan fingerprint density at radius 2 is 1.60 bits per heavy atom. The number of carbonyl (C=O) groups is 4. The molecule has 2 aromatic carbocycles. The number of non-ortho nitro benzene ring substituents is 1. The Balaban J connectivity index is 1.51. The smallest absolute Gasteiger partial charge is 0.273 e. The van der Waals surface area contributed by atoms with Crippen molar-refractivity contribution in [2.45, 2.75) is 6.42 Å². The van der Waals surface area contributed by atoms with Gasteiger partial charge in [-0.05, 0) is 48.6 Å². The number of hydrogen-bond acceptors (Lipinski definition) is 6. The number of nitro groups is 1. The molecule has 0 N–H and O–H groups in total. The van der Waals surface area contributed by atoms with Crippen molar-refractivity contribution >= 4 is 52.4 Å². The van der Waals surface area contributed by atoms with E-state index in [1.54, 1.807) is 0 Å². The maximum atomic E-state index is 13.5. The number of carbonyl (C=O) groups excluding carboxylic acids is 4. The van der Waals surface area contributed by atoms with Crippen LogP contribution in [0.15, 0.2) is 54.6 Å². The second-order valence-corrected chi connectivity index (χ2v) is 9.55. The van der Waals surface area contributed by atoms with Crippen molar-refractivity contribution in [1.82, 2.24) is 10.0 Å². The van der Waals surface area contributed by atoms with Gasteiger partial charge in [-0.3, -0.25) is 29.3 Å². The van der Waals surface area contributed by atoms with Crippen LogP contribution >= 0.6 is 23.2 Å². The maximum absolute atomic E-state index is 13.5. The second kappa shape index (κ2) is 8.58. The fourth-order valence-electron chi connectivity index (χ4n) is 5.17. The van der Waals surface area contributed by atoms with Crippen molar-refractivity contribution in [1.29, 1.82) is 0 Å². The van der Waals surface area contributed by atoms with Crippen LogP contribution < -0.4 is 0 Å². The van der Waals surface area contributed by atoms with Crippen LogP contribution in [0.25, 0.3) is 0 Å². The lowest BCUT2D eigenvalue weighted by molar-refractivity contribution is -0.384. The molecule has 178 valence electrons. The fourth-order valence-corrected chi connectivity index (χ4v) is 5.68. The van der Waals surface area contributed by atoms with E-state index in [4.69, 9.17) is 23.2 Å². The Labute approximate surface area is 209 Å². The SMILES string of the molecule is O=C(CN(C(=O)c1ccc([N+](=O)[O-])cc1)N1C(=O)[C@@H]2[C@H](C1=O)[C@H]1C=C[C@H]2C1)c1ccc(Cl)cc1Cl. The van der Waals surface area contributed by atoms with E-state index >= 15 is 0 Å². The van der Waals surface area contributed by atoms with Gasteiger partial charge in [0.15, 0.2) is 5.78 Å². The van der Waals surface area contributed by atoms with Gasteiger partial charge in [-0.25, -0.2) is 5.01 Å². The molecular weight excluding hydrogens is 497 g/mol. The molecule has 3 amide bonds. The highest BCUT2D eigenvalue weighted by Gasteiger charge is 2.61. The van der Waals surface area contributed by atoms with E-state index in [9.17, 15) is 29.3 Å². The number of fused-ring (bicyclic) bond motifs is 5. The molecule has 1 aliphatic heterocycles. The monoisotopic (exact) mass is 513 g/mol. The number of rotatable bonds is 6. The van der Waals surface area contributed by atoms with E-state index in [1.807, 2.05) is 12.2 Å². The zero-order valence-electron chi connectivity index (χ0n) is 18.0. The van der Waals surface area contributed by atoms with Crippen molar-refractivity contribution in [3.63, 3.8) is 0 Å². The molecule has 5 rings (SSSR count). The summed E-state index contributed by atoms with van der Waals surface area (Å²) in [5, 5.41) is 12.9. The Bertz CT molecular complexity index is 1300. The van der Waals surface area contributed by atoms with Gasteiger partial charge in [-0.15, -0.1) is 0 Å². The predicted octanol–water partition coefficient (Wildman–Crippen LogP) is 3.95. The molecule has 1 heterocycles. The number of halogens is 2. The molecule has 1 saturated carbocycles. The van der Waals surface area contributed by atoms with E-state index in [0.717, 1.165) is 22.2 Å². The van der Waals surface area contributed by atoms with E-state index in [0.29, 0.717) is 11.4 Å². The number of nitro benzene ring substituents is 1. The molecule has 2 aromatic rings. The number of benzene rings is 2. The van der Waals surface area contributed by atoms with Crippen molar-refractivity contribution in [2.75, 3.05) is 6.54 Å². The van der Waals surface area contributed by atoms with Crippen molar-refractivity contribution < 1.29 is 24.1 Å². The third-order valence-corrected chi connectivity index (χ3v) is 7.32. The number of amides is 3. The first-order valence-electron chi connectivity index (χ1n) is 10.8. The van der Waals surface area contributed by atoms with Crippen LogP contribution in [0.2, 0.25) is 10.0 Å². The topological polar surface area (TPSA) is 118 Å². The van der Waals surface area contributed by atoms with Gasteiger partial charge in [-0.2, -0.15) is 5.01 Å². The minimum absolute atomic E-state index is 0.0237. The highest BCUT2D eigenvalue weighted by Crippen LogP contribution is 2.52. The summed E-state index contributed by atoms with van der Waals surface area (Å²) < 4.78 is 0. The number of Topliss-reactive ketones (excluding diaryl/α,β-unsaturated/α-hetero) is 1. The lowest BCUT2D eigenvalue weighted by Crippen LogP contribution is -2.52. The zero-order valence-corrected chi connectivity index (χ0v) is 19.5. The number of allylic oxidation sites excluding steroid dienone is 2. The highest BCUT2D eigenvalue weighted by molar-refractivity contribution is 6.37. The van der Waals surface area contributed by atoms with Gasteiger partial charge >= 0.3 is 0 Å². The van der Waals surface area contributed by atoms with Crippen molar-refractivity contribution in [2.24, 2.45) is 23.7 Å². The standard InChI is InChI=1S/C24H17Cl2N3O6/c25-15-5-8-17(18(26)10-15)19(30)11-27(22(31)12-3-6-16(7-4-12)29(34)35)28-23(32)20-13-1-2-14(9-13)21(20)24(28)33/h1-8,10,13-14,20-21H,9,11H2/t13-,14-,20-,21+/m0/s1. The molecule has 2 bridgehead atoms. The lowest BCUT2D eigenvalue weighted by atomic mass is 9.85. The van der Waals surface area contributed by atoms with Gasteiger partial charge in [0.1, 0.15) is 6.54 Å². The number of imide groups is 1. The molecule has 0 spiro atoms. The first-order chi connectivity index (χ1) is 16.7. The van der Waals surface area contributed by atoms with E-state index in [2.05, 4.69) is 0 Å². The number of ketones is 1. The Hall–Kier alpha value is -3.56. The molecule has 1 saturated heterocycles. The molecular formula is C24H17Cl2N3O6. The molecule has 3 aliphatic rings. The predicted molar refractivity (Wildman–Crippen MR) is 124 cm³/mol. The Morgan fingerprint density at radius 3 is 2.14 bits per heavy atom. The molecule has 35 heavy (non-hydrogen) atoms. The van der Waals surface area contributed by atoms with Crippen molar-refractivity contribution in [3.8, 4) is 0 Å². The summed E-state index contributed by atoms with van der Waals surface area (Å²) in [6.07, 6.45) is 4.54. The summed E-state index contributed by atoms with van der Waals surface area (Å²) >= 11 is 12.1. The average Bonchev–Trinajstić information content (AvgIpc) is 3.51. The van der Waals surface area contributed by atoms with Crippen LogP contribution in [0.1, 0.15) is 27.1 Å². The first kappa shape index (κ1) is 23.2. The maximum Gasteiger partial charge on any atom is 0.273 e. The van der Waals surface area contributed by atoms with Gasteiger partial charge < -0.3 is 0 Å². The number of nitrogens with zero attached hydrogens (tertiary/aromatic N) is 3. The van der Waals surface area contributed by atoms with Crippen LogP contribution in [-0.4, -0.2) is 45.0 Å². The van der Waals surface area contributed by atoms with Crippen LogP contribution in [0.3, 0.4) is 0 Å². The van der Waals surface area contributed by atoms with Gasteiger partial charge in [0.05, 0.1) is 21.8 Å². The Kier molecular flexibility index (Phi) is 5.69. The minimum Gasteiger partial charge on any atom is -0.292 e. The summed E-state index contributed by atoms with van der Waals surface area (Å²) in [7, 11) is 0. The molecule has 11 heteroatoms. The third kappa shape index (κ3) is 3.81. The zero-order chi connectivity index (χ0) is 25.0. The third-order valence-electron chi connectivity index (χ3n) is 6.77. The molecule has 0 radical (unpaired) electrons. The van der Waals surface area contributed by atoms with Crippen molar-refractivity contribution in [3.05, 3.63) is 85.9 Å². The first-order valence-corrected chi connectivity index (χ1v) is 11.5. The molecule has 2 aliphatic carbocycles. The van der Waals surface area contributed by atoms with Gasteiger partial charge in [0.25, 0.3) is 23.4 Å². The quantitative estimate of drug-likeness (QED) is 0.189. The minimum atomic E-state index is -0.819. The summed E-state index contributed by atoms with van der Waals surface area (Å²) in [4.78, 5) is 63.8.